The average Bonchev–Trinajstić information content (AvgIpc) is 2.97. The number of hydrogen-bond acceptors (Lipinski definition) is 5. The van der Waals surface area contributed by atoms with Crippen LogP contribution in [-0.4, -0.2) is 22.7 Å². The van der Waals surface area contributed by atoms with Gasteiger partial charge in [-0.25, -0.2) is 13.4 Å². The van der Waals surface area contributed by atoms with E-state index in [9.17, 15) is 18.5 Å². The molecule has 0 spiro atoms. The van der Waals surface area contributed by atoms with Crippen LogP contribution in [0.3, 0.4) is 0 Å². The normalized spacial score (nSPS) is 11.5. The number of nitrogens with zero attached hydrogens (tertiary/aromatic N) is 3. The number of aromatic nitrogens is 2. The van der Waals surface area contributed by atoms with Crippen molar-refractivity contribution in [3.05, 3.63) is 65.1 Å². The Bertz CT molecular complexity index is 965. The van der Waals surface area contributed by atoms with Gasteiger partial charge in [-0.05, 0) is 18.2 Å². The quantitative estimate of drug-likeness (QED) is 0.585. The third kappa shape index (κ3) is 2.49. The highest BCUT2D eigenvalue weighted by atomic mass is 32.2. The van der Waals surface area contributed by atoms with Crippen LogP contribution in [0, 0.1) is 10.1 Å². The lowest BCUT2D eigenvalue weighted by Gasteiger charge is -2.08. The Hall–Kier alpha value is -2.94. The van der Waals surface area contributed by atoms with Gasteiger partial charge in [0.1, 0.15) is 0 Å². The van der Waals surface area contributed by atoms with Crippen molar-refractivity contribution in [3.8, 4) is 0 Å². The van der Waals surface area contributed by atoms with Gasteiger partial charge >= 0.3 is 0 Å². The highest BCUT2D eigenvalue weighted by Gasteiger charge is 2.19. The predicted octanol–water partition coefficient (Wildman–Crippen LogP) is 2.04. The summed E-state index contributed by atoms with van der Waals surface area (Å²) >= 11 is 0. The van der Waals surface area contributed by atoms with Gasteiger partial charge in [0.25, 0.3) is 15.7 Å². The minimum atomic E-state index is -3.95. The van der Waals surface area contributed by atoms with E-state index in [4.69, 9.17) is 0 Å². The molecule has 0 saturated heterocycles. The summed E-state index contributed by atoms with van der Waals surface area (Å²) in [4.78, 5) is 14.0. The van der Waals surface area contributed by atoms with Crippen LogP contribution >= 0.6 is 0 Å². The molecule has 8 nitrogen and oxygen atoms in total. The van der Waals surface area contributed by atoms with E-state index in [1.54, 1.807) is 35.1 Å². The summed E-state index contributed by atoms with van der Waals surface area (Å²) in [5.41, 5.74) is 0.442. The molecule has 112 valence electrons. The molecular weight excluding hydrogens is 308 g/mol. The maximum Gasteiger partial charge on any atom is 0.270 e. The van der Waals surface area contributed by atoms with Crippen molar-refractivity contribution in [1.82, 2.24) is 9.38 Å². The third-order valence-corrected chi connectivity index (χ3v) is 4.37. The van der Waals surface area contributed by atoms with Gasteiger partial charge < -0.3 is 4.40 Å². The fourth-order valence-electron chi connectivity index (χ4n) is 2.00. The zero-order valence-electron chi connectivity index (χ0n) is 11.1. The van der Waals surface area contributed by atoms with Gasteiger partial charge in [-0.1, -0.05) is 6.07 Å². The summed E-state index contributed by atoms with van der Waals surface area (Å²) in [6.07, 6.45) is 4.95. The molecule has 0 radical (unpaired) electrons. The molecule has 0 bridgehead atoms. The zero-order valence-corrected chi connectivity index (χ0v) is 11.9. The van der Waals surface area contributed by atoms with E-state index >= 15 is 0 Å². The molecule has 0 fully saturated rings. The second kappa shape index (κ2) is 5.11. The average molecular weight is 318 g/mol. The maximum atomic E-state index is 12.4. The number of nitro groups is 1. The van der Waals surface area contributed by atoms with Crippen LogP contribution < -0.4 is 4.72 Å². The van der Waals surface area contributed by atoms with Crippen LogP contribution in [0.25, 0.3) is 5.65 Å². The lowest BCUT2D eigenvalue weighted by Crippen LogP contribution is -2.14. The fraction of sp³-hybridized carbons (Fsp3) is 0. The van der Waals surface area contributed by atoms with E-state index in [1.807, 2.05) is 0 Å². The van der Waals surface area contributed by atoms with Crippen molar-refractivity contribution in [2.45, 2.75) is 4.90 Å². The number of fused-ring (bicyclic) bond motifs is 1. The van der Waals surface area contributed by atoms with Crippen LogP contribution in [-0.2, 0) is 10.0 Å². The molecule has 2 aromatic heterocycles. The monoisotopic (exact) mass is 318 g/mol. The SMILES string of the molecule is O=[N+]([O-])c1cccc(S(=O)(=O)Nc2cccn3ccnc23)c1. The third-order valence-electron chi connectivity index (χ3n) is 3.00. The lowest BCUT2D eigenvalue weighted by atomic mass is 10.3. The number of non-ortho nitro benzene ring substituents is 1. The van der Waals surface area contributed by atoms with Crippen molar-refractivity contribution < 1.29 is 13.3 Å². The van der Waals surface area contributed by atoms with E-state index in [2.05, 4.69) is 9.71 Å². The molecule has 9 heteroatoms. The predicted molar refractivity (Wildman–Crippen MR) is 79.1 cm³/mol. The molecule has 0 atom stereocenters. The van der Waals surface area contributed by atoms with Crippen LogP contribution in [0.2, 0.25) is 0 Å². The Morgan fingerprint density at radius 3 is 2.77 bits per heavy atom. The molecular formula is C13H10N4O4S. The Kier molecular flexibility index (Phi) is 3.26. The second-order valence-electron chi connectivity index (χ2n) is 4.44. The summed E-state index contributed by atoms with van der Waals surface area (Å²) in [5.74, 6) is 0. The summed E-state index contributed by atoms with van der Waals surface area (Å²) < 4.78 is 28.8. The largest absolute Gasteiger partial charge is 0.305 e. The Labute approximate surface area is 125 Å². The standard InChI is InChI=1S/C13H10N4O4S/c18-17(19)10-3-1-4-11(9-10)22(20,21)15-12-5-2-7-16-8-6-14-13(12)16/h1-9,15H. The van der Waals surface area contributed by atoms with Crippen LogP contribution in [0.4, 0.5) is 11.4 Å². The zero-order chi connectivity index (χ0) is 15.7. The van der Waals surface area contributed by atoms with Gasteiger partial charge in [0, 0.05) is 30.7 Å². The number of anilines is 1. The first-order valence-electron chi connectivity index (χ1n) is 6.16. The van der Waals surface area contributed by atoms with Gasteiger partial charge in [0.05, 0.1) is 15.5 Å². The molecule has 0 aliphatic heterocycles. The lowest BCUT2D eigenvalue weighted by molar-refractivity contribution is -0.385. The van der Waals surface area contributed by atoms with Gasteiger partial charge in [-0.15, -0.1) is 0 Å². The van der Waals surface area contributed by atoms with Crippen molar-refractivity contribution in [2.24, 2.45) is 0 Å². The molecule has 0 aliphatic carbocycles. The van der Waals surface area contributed by atoms with E-state index in [-0.39, 0.29) is 10.6 Å². The number of hydrogen-bond donors (Lipinski definition) is 1. The number of pyridine rings is 1. The van der Waals surface area contributed by atoms with Crippen molar-refractivity contribution in [3.63, 3.8) is 0 Å². The first-order valence-corrected chi connectivity index (χ1v) is 7.65. The first-order chi connectivity index (χ1) is 10.5. The minimum Gasteiger partial charge on any atom is -0.305 e. The fourth-order valence-corrected chi connectivity index (χ4v) is 3.10. The molecule has 3 rings (SSSR count). The van der Waals surface area contributed by atoms with Gasteiger partial charge in [0.2, 0.25) is 0 Å². The Morgan fingerprint density at radius 1 is 1.18 bits per heavy atom. The summed E-state index contributed by atoms with van der Waals surface area (Å²) in [6.45, 7) is 0. The molecule has 0 amide bonds. The van der Waals surface area contributed by atoms with Crippen molar-refractivity contribution in [2.75, 3.05) is 4.72 Å². The van der Waals surface area contributed by atoms with E-state index in [0.717, 1.165) is 6.07 Å². The van der Waals surface area contributed by atoms with Crippen molar-refractivity contribution >= 4 is 27.0 Å². The molecule has 0 saturated carbocycles. The number of benzene rings is 1. The molecule has 2 heterocycles. The number of sulfonamides is 1. The minimum absolute atomic E-state index is 0.185. The Balaban J connectivity index is 2.02. The van der Waals surface area contributed by atoms with Crippen LogP contribution in [0.5, 0.6) is 0 Å². The molecule has 1 N–H and O–H groups in total. The molecule has 0 unspecified atom stereocenters. The topological polar surface area (TPSA) is 107 Å². The number of rotatable bonds is 4. The molecule has 0 aliphatic rings. The Morgan fingerprint density at radius 2 is 2.00 bits per heavy atom. The number of imidazole rings is 1. The van der Waals surface area contributed by atoms with Gasteiger partial charge in [-0.3, -0.25) is 14.8 Å². The van der Waals surface area contributed by atoms with E-state index < -0.39 is 14.9 Å². The molecule has 22 heavy (non-hydrogen) atoms. The van der Waals surface area contributed by atoms with E-state index in [0.29, 0.717) is 11.3 Å². The molecule has 3 aromatic rings. The summed E-state index contributed by atoms with van der Waals surface area (Å²) in [5, 5.41) is 10.8. The molecule has 1 aromatic carbocycles. The second-order valence-corrected chi connectivity index (χ2v) is 6.12. The number of nitrogens with one attached hydrogen (secondary N) is 1. The van der Waals surface area contributed by atoms with E-state index in [1.165, 1.54) is 18.2 Å². The summed E-state index contributed by atoms with van der Waals surface area (Å²) in [7, 11) is -3.95. The first kappa shape index (κ1) is 14.0. The van der Waals surface area contributed by atoms with Crippen molar-refractivity contribution in [1.29, 1.82) is 0 Å². The maximum absolute atomic E-state index is 12.4. The smallest absolute Gasteiger partial charge is 0.270 e. The summed E-state index contributed by atoms with van der Waals surface area (Å²) in [6, 6.07) is 8.09. The highest BCUT2D eigenvalue weighted by molar-refractivity contribution is 7.92. The number of nitro benzene ring substituents is 1. The van der Waals surface area contributed by atoms with Gasteiger partial charge in [-0.2, -0.15) is 0 Å². The van der Waals surface area contributed by atoms with Crippen LogP contribution in [0.15, 0.2) is 59.9 Å². The highest BCUT2D eigenvalue weighted by Crippen LogP contribution is 2.22. The van der Waals surface area contributed by atoms with Gasteiger partial charge in [0.15, 0.2) is 5.65 Å². The van der Waals surface area contributed by atoms with Crippen LogP contribution in [0.1, 0.15) is 0 Å².